The maximum atomic E-state index is 4.00. The van der Waals surface area contributed by atoms with E-state index in [1.165, 1.54) is 12.0 Å². The number of benzene rings is 1. The van der Waals surface area contributed by atoms with Gasteiger partial charge in [-0.25, -0.2) is 0 Å². The average Bonchev–Trinajstić information content (AvgIpc) is 2.46. The summed E-state index contributed by atoms with van der Waals surface area (Å²) in [6.07, 6.45) is 9.19. The van der Waals surface area contributed by atoms with E-state index in [1.807, 2.05) is 27.7 Å². The summed E-state index contributed by atoms with van der Waals surface area (Å²) in [5.74, 6) is 0. The maximum Gasteiger partial charge on any atom is -0.0106 e. The van der Waals surface area contributed by atoms with Gasteiger partial charge in [0.15, 0.2) is 0 Å². The molecule has 0 spiro atoms. The lowest BCUT2D eigenvalue weighted by molar-refractivity contribution is 0.506. The van der Waals surface area contributed by atoms with Crippen LogP contribution in [0, 0.1) is 12.8 Å². The Bertz CT molecular complexity index is 241. The molecule has 0 heteroatoms. The molecule has 0 saturated heterocycles. The van der Waals surface area contributed by atoms with Crippen LogP contribution in [0.5, 0.6) is 0 Å². The minimum absolute atomic E-state index is 0.335. The van der Waals surface area contributed by atoms with E-state index in [1.54, 1.807) is 0 Å². The predicted molar refractivity (Wildman–Crippen MR) is 82.3 cm³/mol. The van der Waals surface area contributed by atoms with Gasteiger partial charge in [-0.05, 0) is 17.4 Å². The van der Waals surface area contributed by atoms with Crippen LogP contribution < -0.4 is 0 Å². The Labute approximate surface area is 109 Å². The van der Waals surface area contributed by atoms with Gasteiger partial charge in [0, 0.05) is 0 Å². The summed E-state index contributed by atoms with van der Waals surface area (Å²) in [7, 11) is 0. The fourth-order valence-electron chi connectivity index (χ4n) is 1.09. The molecule has 0 N–H and O–H groups in total. The van der Waals surface area contributed by atoms with Crippen molar-refractivity contribution < 1.29 is 0 Å². The van der Waals surface area contributed by atoms with Crippen molar-refractivity contribution in [2.24, 2.45) is 0 Å². The van der Waals surface area contributed by atoms with E-state index >= 15 is 0 Å². The first-order chi connectivity index (χ1) is 8.17. The number of terminal acetylenes is 1. The molecule has 0 aliphatic carbocycles. The molecule has 17 heavy (non-hydrogen) atoms. The van der Waals surface area contributed by atoms with Crippen molar-refractivity contribution in [2.75, 3.05) is 0 Å². The molecule has 1 aromatic rings. The lowest BCUT2D eigenvalue weighted by Gasteiger charge is -2.22. The van der Waals surface area contributed by atoms with Gasteiger partial charge in [-0.1, -0.05) is 78.8 Å². The molecule has 0 aliphatic rings. The van der Waals surface area contributed by atoms with Gasteiger partial charge in [-0.15, -0.1) is 12.8 Å². The Morgan fingerprint density at radius 3 is 1.53 bits per heavy atom. The number of hydrogen-bond acceptors (Lipinski definition) is 0. The molecule has 0 amide bonds. The molecule has 0 radical (unpaired) electrons. The smallest absolute Gasteiger partial charge is 0.0106 e. The summed E-state index contributed by atoms with van der Waals surface area (Å²) in [6, 6.07) is 10.7. The third-order valence-corrected chi connectivity index (χ3v) is 2.44. The second-order valence-corrected chi connectivity index (χ2v) is 3.60. The molecule has 98 valence electrons. The molecule has 0 unspecified atom stereocenters. The summed E-state index contributed by atoms with van der Waals surface area (Å²) < 4.78 is 0. The van der Waals surface area contributed by atoms with Crippen molar-refractivity contribution in [3.8, 4) is 12.8 Å². The van der Waals surface area contributed by atoms with Crippen LogP contribution >= 0.6 is 0 Å². The molecule has 0 nitrogen and oxygen atoms in total. The van der Waals surface area contributed by atoms with Crippen LogP contribution in [0.15, 0.2) is 30.3 Å². The third kappa shape index (κ3) is 9.69. The monoisotopic (exact) mass is 234 g/mol. The number of rotatable bonds is 2. The summed E-state index contributed by atoms with van der Waals surface area (Å²) in [5, 5.41) is 0. The van der Waals surface area contributed by atoms with Crippen LogP contribution in [-0.4, -0.2) is 0 Å². The molecule has 0 atom stereocenters. The van der Waals surface area contributed by atoms with E-state index in [2.05, 4.69) is 63.9 Å². The summed E-state index contributed by atoms with van der Waals surface area (Å²) in [4.78, 5) is 0. The standard InChI is InChI=1S/C11H16.2C2H6.C2H2/c1-4-11(2,3)10-8-6-5-7-9-10;3*1-2/h5-9H,4H2,1-3H3;2*1-2H3;1-2H. The second kappa shape index (κ2) is 14.8. The highest BCUT2D eigenvalue weighted by Gasteiger charge is 2.16. The average molecular weight is 234 g/mol. The fourth-order valence-corrected chi connectivity index (χ4v) is 1.09. The van der Waals surface area contributed by atoms with Gasteiger partial charge in [-0.2, -0.15) is 0 Å². The Hall–Kier alpha value is -1.22. The molecular weight excluding hydrogens is 204 g/mol. The SMILES string of the molecule is C#C.CC.CC.CCC(C)(C)c1ccccc1. The lowest BCUT2D eigenvalue weighted by Crippen LogP contribution is -2.14. The van der Waals surface area contributed by atoms with E-state index in [9.17, 15) is 0 Å². The Morgan fingerprint density at radius 1 is 0.882 bits per heavy atom. The molecule has 0 bridgehead atoms. The Balaban J connectivity index is -0.000000285. The van der Waals surface area contributed by atoms with Gasteiger partial charge in [0.25, 0.3) is 0 Å². The van der Waals surface area contributed by atoms with Gasteiger partial charge < -0.3 is 0 Å². The van der Waals surface area contributed by atoms with Crippen LogP contribution in [0.1, 0.15) is 60.5 Å². The third-order valence-electron chi connectivity index (χ3n) is 2.44. The number of hydrogen-bond donors (Lipinski definition) is 0. The second-order valence-electron chi connectivity index (χ2n) is 3.60. The van der Waals surface area contributed by atoms with Gasteiger partial charge in [-0.3, -0.25) is 0 Å². The molecule has 0 saturated carbocycles. The highest BCUT2D eigenvalue weighted by Crippen LogP contribution is 2.25. The zero-order valence-corrected chi connectivity index (χ0v) is 12.7. The van der Waals surface area contributed by atoms with Gasteiger partial charge >= 0.3 is 0 Å². The lowest BCUT2D eigenvalue weighted by atomic mass is 9.82. The maximum absolute atomic E-state index is 4.00. The molecule has 0 aromatic heterocycles. The normalized spacial score (nSPS) is 8.29. The molecule has 0 fully saturated rings. The zero-order chi connectivity index (χ0) is 14.3. The van der Waals surface area contributed by atoms with Crippen molar-refractivity contribution in [1.29, 1.82) is 0 Å². The van der Waals surface area contributed by atoms with Crippen molar-refractivity contribution >= 4 is 0 Å². The van der Waals surface area contributed by atoms with Crippen LogP contribution in [0.3, 0.4) is 0 Å². The van der Waals surface area contributed by atoms with Crippen molar-refractivity contribution in [2.45, 2.75) is 60.3 Å². The Morgan fingerprint density at radius 2 is 1.24 bits per heavy atom. The van der Waals surface area contributed by atoms with Gasteiger partial charge in [0.05, 0.1) is 0 Å². The summed E-state index contributed by atoms with van der Waals surface area (Å²) in [5.41, 5.74) is 1.77. The fraction of sp³-hybridized carbons (Fsp3) is 0.529. The molecule has 1 aromatic carbocycles. The quantitative estimate of drug-likeness (QED) is 0.578. The van der Waals surface area contributed by atoms with E-state index < -0.39 is 0 Å². The molecule has 0 aliphatic heterocycles. The van der Waals surface area contributed by atoms with Crippen molar-refractivity contribution in [3.05, 3.63) is 35.9 Å². The highest BCUT2D eigenvalue weighted by molar-refractivity contribution is 5.22. The first kappa shape index (κ1) is 21.1. The molecule has 1 rings (SSSR count). The predicted octanol–water partition coefficient (Wildman–Crippen LogP) is 5.68. The van der Waals surface area contributed by atoms with Crippen LogP contribution in [-0.2, 0) is 5.41 Å². The van der Waals surface area contributed by atoms with Crippen molar-refractivity contribution in [3.63, 3.8) is 0 Å². The Kier molecular flexibility index (Phi) is 18.3. The van der Waals surface area contributed by atoms with E-state index in [0.717, 1.165) is 0 Å². The first-order valence-corrected chi connectivity index (χ1v) is 6.55. The zero-order valence-electron chi connectivity index (χ0n) is 12.7. The molecular formula is C17H30. The largest absolute Gasteiger partial charge is 0.124 e. The molecule has 0 heterocycles. The summed E-state index contributed by atoms with van der Waals surface area (Å²) >= 11 is 0. The van der Waals surface area contributed by atoms with Crippen LogP contribution in [0.4, 0.5) is 0 Å². The minimum atomic E-state index is 0.335. The first-order valence-electron chi connectivity index (χ1n) is 6.55. The van der Waals surface area contributed by atoms with E-state index in [4.69, 9.17) is 0 Å². The highest BCUT2D eigenvalue weighted by atomic mass is 14.2. The minimum Gasteiger partial charge on any atom is -0.124 e. The van der Waals surface area contributed by atoms with E-state index in [0.29, 0.717) is 5.41 Å². The summed E-state index contributed by atoms with van der Waals surface area (Å²) in [6.45, 7) is 14.8. The van der Waals surface area contributed by atoms with E-state index in [-0.39, 0.29) is 0 Å². The van der Waals surface area contributed by atoms with Gasteiger partial charge in [0.1, 0.15) is 0 Å². The van der Waals surface area contributed by atoms with Gasteiger partial charge in [0.2, 0.25) is 0 Å². The van der Waals surface area contributed by atoms with Crippen LogP contribution in [0.2, 0.25) is 0 Å². The topological polar surface area (TPSA) is 0 Å². The van der Waals surface area contributed by atoms with Crippen LogP contribution in [0.25, 0.3) is 0 Å². The van der Waals surface area contributed by atoms with Crippen molar-refractivity contribution in [1.82, 2.24) is 0 Å².